The van der Waals surface area contributed by atoms with Crippen LogP contribution in [0, 0.1) is 6.92 Å². The lowest BCUT2D eigenvalue weighted by molar-refractivity contribution is -0.117. The molecule has 1 unspecified atom stereocenters. The van der Waals surface area contributed by atoms with Gasteiger partial charge in [0.1, 0.15) is 6.04 Å². The molecule has 0 aliphatic carbocycles. The summed E-state index contributed by atoms with van der Waals surface area (Å²) in [6, 6.07) is 9.84. The fourth-order valence-corrected chi connectivity index (χ4v) is 1.96. The third-order valence-corrected chi connectivity index (χ3v) is 3.23. The summed E-state index contributed by atoms with van der Waals surface area (Å²) in [4.78, 5) is 28.2. The minimum absolute atomic E-state index is 0.288. The van der Waals surface area contributed by atoms with E-state index in [1.165, 1.54) is 13.3 Å². The van der Waals surface area contributed by atoms with Gasteiger partial charge in [-0.15, -0.1) is 0 Å². The smallest absolute Gasteiger partial charge is 0.251 e. The molecule has 0 fully saturated rings. The van der Waals surface area contributed by atoms with Gasteiger partial charge in [-0.3, -0.25) is 9.59 Å². The first-order valence-corrected chi connectivity index (χ1v) is 7.18. The highest BCUT2D eigenvalue weighted by molar-refractivity contribution is 6.00. The van der Waals surface area contributed by atoms with Gasteiger partial charge in [0.05, 0.1) is 19.0 Å². The normalized spacial score (nSPS) is 11.4. The summed E-state index contributed by atoms with van der Waals surface area (Å²) in [5.41, 5.74) is 2.04. The molecule has 6 heteroatoms. The lowest BCUT2D eigenvalue weighted by Crippen LogP contribution is -2.41. The van der Waals surface area contributed by atoms with Crippen molar-refractivity contribution in [3.63, 3.8) is 0 Å². The Balaban J connectivity index is 1.95. The maximum atomic E-state index is 12.1. The second-order valence-electron chi connectivity index (χ2n) is 5.14. The van der Waals surface area contributed by atoms with E-state index in [0.29, 0.717) is 17.1 Å². The minimum Gasteiger partial charge on any atom is -0.481 e. The van der Waals surface area contributed by atoms with E-state index in [1.54, 1.807) is 37.3 Å². The number of aryl methyl sites for hydroxylation is 1. The van der Waals surface area contributed by atoms with Crippen molar-refractivity contribution < 1.29 is 14.3 Å². The van der Waals surface area contributed by atoms with Crippen molar-refractivity contribution >= 4 is 17.5 Å². The zero-order valence-electron chi connectivity index (χ0n) is 13.3. The topological polar surface area (TPSA) is 80.3 Å². The van der Waals surface area contributed by atoms with Crippen LogP contribution in [-0.4, -0.2) is 29.9 Å². The Bertz CT molecular complexity index is 698. The SMILES string of the molecule is COc1ccc(NC(=O)C(C)NC(=O)c2cccc(C)c2)cn1. The molecular formula is C17H19N3O3. The van der Waals surface area contributed by atoms with Crippen LogP contribution >= 0.6 is 0 Å². The number of nitrogens with zero attached hydrogens (tertiary/aromatic N) is 1. The Morgan fingerprint density at radius 1 is 1.22 bits per heavy atom. The van der Waals surface area contributed by atoms with Crippen LogP contribution in [0.5, 0.6) is 5.88 Å². The number of ether oxygens (including phenoxy) is 1. The van der Waals surface area contributed by atoms with Crippen LogP contribution < -0.4 is 15.4 Å². The van der Waals surface area contributed by atoms with E-state index in [1.807, 2.05) is 13.0 Å². The molecule has 2 amide bonds. The van der Waals surface area contributed by atoms with E-state index in [0.717, 1.165) is 5.56 Å². The molecule has 0 aliphatic rings. The third kappa shape index (κ3) is 4.54. The fourth-order valence-electron chi connectivity index (χ4n) is 1.96. The number of nitrogens with one attached hydrogen (secondary N) is 2. The quantitative estimate of drug-likeness (QED) is 0.886. The van der Waals surface area contributed by atoms with Crippen LogP contribution in [0.1, 0.15) is 22.8 Å². The summed E-state index contributed by atoms with van der Waals surface area (Å²) in [6.45, 7) is 3.53. The molecule has 0 bridgehead atoms. The standard InChI is InChI=1S/C17H19N3O3/c1-11-5-4-6-13(9-11)17(22)19-12(2)16(21)20-14-7-8-15(23-3)18-10-14/h4-10,12H,1-3H3,(H,19,22)(H,20,21). The van der Waals surface area contributed by atoms with Gasteiger partial charge in [-0.25, -0.2) is 4.98 Å². The molecule has 1 heterocycles. The van der Waals surface area contributed by atoms with Gasteiger partial charge in [-0.05, 0) is 32.0 Å². The van der Waals surface area contributed by atoms with Crippen molar-refractivity contribution in [1.82, 2.24) is 10.3 Å². The van der Waals surface area contributed by atoms with Gasteiger partial charge in [0.2, 0.25) is 11.8 Å². The molecule has 2 rings (SSSR count). The highest BCUT2D eigenvalue weighted by atomic mass is 16.5. The van der Waals surface area contributed by atoms with E-state index < -0.39 is 6.04 Å². The highest BCUT2D eigenvalue weighted by Gasteiger charge is 2.17. The van der Waals surface area contributed by atoms with Gasteiger partial charge >= 0.3 is 0 Å². The number of benzene rings is 1. The maximum Gasteiger partial charge on any atom is 0.251 e. The monoisotopic (exact) mass is 313 g/mol. The molecule has 0 aliphatic heterocycles. The molecule has 2 N–H and O–H groups in total. The van der Waals surface area contributed by atoms with E-state index in [2.05, 4.69) is 15.6 Å². The summed E-state index contributed by atoms with van der Waals surface area (Å²) < 4.78 is 4.95. The van der Waals surface area contributed by atoms with Gasteiger partial charge in [-0.1, -0.05) is 17.7 Å². The van der Waals surface area contributed by atoms with Crippen LogP contribution in [-0.2, 0) is 4.79 Å². The number of hydrogen-bond acceptors (Lipinski definition) is 4. The number of rotatable bonds is 5. The van der Waals surface area contributed by atoms with E-state index in [-0.39, 0.29) is 11.8 Å². The van der Waals surface area contributed by atoms with Crippen LogP contribution in [0.3, 0.4) is 0 Å². The third-order valence-electron chi connectivity index (χ3n) is 3.23. The van der Waals surface area contributed by atoms with Gasteiger partial charge in [0.15, 0.2) is 0 Å². The van der Waals surface area contributed by atoms with Gasteiger partial charge in [-0.2, -0.15) is 0 Å². The number of aromatic nitrogens is 1. The number of anilines is 1. The first kappa shape index (κ1) is 16.5. The molecule has 0 radical (unpaired) electrons. The van der Waals surface area contributed by atoms with E-state index in [4.69, 9.17) is 4.74 Å². The Hall–Kier alpha value is -2.89. The Morgan fingerprint density at radius 2 is 2.00 bits per heavy atom. The Labute approximate surface area is 134 Å². The number of carbonyl (C=O) groups is 2. The second-order valence-corrected chi connectivity index (χ2v) is 5.14. The molecule has 2 aromatic rings. The fraction of sp³-hybridized carbons (Fsp3) is 0.235. The summed E-state index contributed by atoms with van der Waals surface area (Å²) in [5.74, 6) is -0.147. The van der Waals surface area contributed by atoms with Gasteiger partial charge in [0, 0.05) is 11.6 Å². The second kappa shape index (κ2) is 7.40. The molecule has 0 saturated carbocycles. The van der Waals surface area contributed by atoms with Crippen LogP contribution in [0.2, 0.25) is 0 Å². The minimum atomic E-state index is -0.676. The van der Waals surface area contributed by atoms with Crippen molar-refractivity contribution in [2.75, 3.05) is 12.4 Å². The number of pyridine rings is 1. The summed E-state index contributed by atoms with van der Waals surface area (Å²) in [5, 5.41) is 5.36. The summed E-state index contributed by atoms with van der Waals surface area (Å²) in [7, 11) is 1.52. The van der Waals surface area contributed by atoms with Crippen molar-refractivity contribution in [2.24, 2.45) is 0 Å². The van der Waals surface area contributed by atoms with Gasteiger partial charge in [0.25, 0.3) is 5.91 Å². The average molecular weight is 313 g/mol. The highest BCUT2D eigenvalue weighted by Crippen LogP contribution is 2.11. The van der Waals surface area contributed by atoms with Crippen molar-refractivity contribution in [2.45, 2.75) is 19.9 Å². The summed E-state index contributed by atoms with van der Waals surface area (Å²) in [6.07, 6.45) is 1.49. The zero-order valence-corrected chi connectivity index (χ0v) is 13.3. The first-order chi connectivity index (χ1) is 11.0. The van der Waals surface area contributed by atoms with Crippen molar-refractivity contribution in [3.8, 4) is 5.88 Å². The lowest BCUT2D eigenvalue weighted by Gasteiger charge is -2.14. The number of carbonyl (C=O) groups excluding carboxylic acids is 2. The van der Waals surface area contributed by atoms with E-state index in [9.17, 15) is 9.59 Å². The lowest BCUT2D eigenvalue weighted by atomic mass is 10.1. The van der Waals surface area contributed by atoms with Crippen molar-refractivity contribution in [3.05, 3.63) is 53.7 Å². The first-order valence-electron chi connectivity index (χ1n) is 7.18. The summed E-state index contributed by atoms with van der Waals surface area (Å²) >= 11 is 0. The largest absolute Gasteiger partial charge is 0.481 e. The molecule has 1 atom stereocenters. The van der Waals surface area contributed by atoms with Gasteiger partial charge < -0.3 is 15.4 Å². The van der Waals surface area contributed by atoms with Crippen LogP contribution in [0.15, 0.2) is 42.6 Å². The molecular weight excluding hydrogens is 294 g/mol. The molecule has 0 spiro atoms. The van der Waals surface area contributed by atoms with E-state index >= 15 is 0 Å². The molecule has 1 aromatic heterocycles. The predicted molar refractivity (Wildman–Crippen MR) is 87.5 cm³/mol. The number of methoxy groups -OCH3 is 1. The predicted octanol–water partition coefficient (Wildman–Crippen LogP) is 2.16. The molecule has 1 aromatic carbocycles. The Kier molecular flexibility index (Phi) is 5.30. The average Bonchev–Trinajstić information content (AvgIpc) is 2.55. The Morgan fingerprint density at radius 3 is 2.61 bits per heavy atom. The molecule has 120 valence electrons. The number of hydrogen-bond donors (Lipinski definition) is 2. The molecule has 6 nitrogen and oxygen atoms in total. The van der Waals surface area contributed by atoms with Crippen LogP contribution in [0.25, 0.3) is 0 Å². The van der Waals surface area contributed by atoms with Crippen LogP contribution in [0.4, 0.5) is 5.69 Å². The van der Waals surface area contributed by atoms with Crippen molar-refractivity contribution in [1.29, 1.82) is 0 Å². The molecule has 0 saturated heterocycles. The molecule has 23 heavy (non-hydrogen) atoms. The zero-order chi connectivity index (χ0) is 16.8. The maximum absolute atomic E-state index is 12.1. The number of amides is 2.